The molecule has 8 nitrogen and oxygen atoms in total. The van der Waals surface area contributed by atoms with Gasteiger partial charge in [0, 0.05) is 37.6 Å². The van der Waals surface area contributed by atoms with Crippen molar-refractivity contribution in [3.05, 3.63) is 28.7 Å². The molecule has 2 aromatic heterocycles. The molecular weight excluding hydrogens is 296 g/mol. The summed E-state index contributed by atoms with van der Waals surface area (Å²) in [6, 6.07) is 4.16. The van der Waals surface area contributed by atoms with Gasteiger partial charge in [0.2, 0.25) is 0 Å². The van der Waals surface area contributed by atoms with Crippen LogP contribution in [-0.2, 0) is 0 Å². The van der Waals surface area contributed by atoms with Gasteiger partial charge >= 0.3 is 11.6 Å². The van der Waals surface area contributed by atoms with Crippen molar-refractivity contribution in [3.8, 4) is 0 Å². The monoisotopic (exact) mass is 315 g/mol. The molecule has 0 N–H and O–H groups in total. The maximum absolute atomic E-state index is 12.5. The number of nitrogens with zero attached hydrogens (tertiary/aromatic N) is 6. The third-order valence-corrected chi connectivity index (χ3v) is 4.32. The van der Waals surface area contributed by atoms with Crippen molar-refractivity contribution in [3.63, 3.8) is 0 Å². The molecule has 0 bridgehead atoms. The predicted octanol–water partition coefficient (Wildman–Crippen LogP) is 0.797. The average molecular weight is 315 g/mol. The van der Waals surface area contributed by atoms with Gasteiger partial charge in [0.05, 0.1) is 0 Å². The van der Waals surface area contributed by atoms with Gasteiger partial charge in [0.15, 0.2) is 10.4 Å². The van der Waals surface area contributed by atoms with Gasteiger partial charge in [0.1, 0.15) is 5.52 Å². The Kier molecular flexibility index (Phi) is 3.64. The molecule has 0 unspecified atom stereocenters. The molecule has 8 heteroatoms. The summed E-state index contributed by atoms with van der Waals surface area (Å²) in [5.41, 5.74) is 0.359. The number of fused-ring (bicyclic) bond motifs is 1. The summed E-state index contributed by atoms with van der Waals surface area (Å²) in [6.45, 7) is 3.78. The lowest BCUT2D eigenvalue weighted by Crippen LogP contribution is -2.42. The highest BCUT2D eigenvalue weighted by atomic mass is 16.6. The zero-order chi connectivity index (χ0) is 15.6. The number of hydrogen-bond acceptors (Lipinski definition) is 4. The van der Waals surface area contributed by atoms with Gasteiger partial charge in [-0.3, -0.25) is 14.6 Å². The van der Waals surface area contributed by atoms with E-state index in [4.69, 9.17) is 4.53 Å². The van der Waals surface area contributed by atoms with Crippen molar-refractivity contribution in [2.45, 2.75) is 25.7 Å². The van der Waals surface area contributed by atoms with E-state index in [0.29, 0.717) is 11.5 Å². The minimum atomic E-state index is -0.383. The summed E-state index contributed by atoms with van der Waals surface area (Å²) in [5, 5.41) is 7.93. The van der Waals surface area contributed by atoms with E-state index in [1.807, 2.05) is 0 Å². The molecule has 2 saturated heterocycles. The Balaban J connectivity index is 1.78. The lowest BCUT2D eigenvalue weighted by molar-refractivity contribution is -0.258. The number of aromatic nitrogens is 4. The van der Waals surface area contributed by atoms with E-state index in [1.54, 1.807) is 18.3 Å². The van der Waals surface area contributed by atoms with E-state index in [0.717, 1.165) is 56.7 Å². The zero-order valence-corrected chi connectivity index (χ0v) is 12.9. The fourth-order valence-electron chi connectivity index (χ4n) is 3.13. The van der Waals surface area contributed by atoms with Crippen LogP contribution in [0, 0.1) is 0 Å². The molecule has 0 aromatic carbocycles. The van der Waals surface area contributed by atoms with Gasteiger partial charge < -0.3 is 0 Å². The summed E-state index contributed by atoms with van der Waals surface area (Å²) in [7, 11) is 0. The lowest BCUT2D eigenvalue weighted by Gasteiger charge is -2.17. The lowest BCUT2D eigenvalue weighted by atomic mass is 10.4. The Labute approximate surface area is 133 Å². The highest BCUT2D eigenvalue weighted by Gasteiger charge is 2.35. The predicted molar refractivity (Wildman–Crippen MR) is 84.0 cm³/mol. The van der Waals surface area contributed by atoms with Crippen molar-refractivity contribution in [2.24, 2.45) is 0 Å². The molecule has 23 heavy (non-hydrogen) atoms. The molecule has 0 radical (unpaired) electrons. The Morgan fingerprint density at radius 1 is 1.04 bits per heavy atom. The smallest absolute Gasteiger partial charge is 0.273 e. The van der Waals surface area contributed by atoms with Crippen LogP contribution < -0.4 is 5.56 Å². The van der Waals surface area contributed by atoms with Gasteiger partial charge in [-0.25, -0.2) is 4.98 Å². The van der Waals surface area contributed by atoms with Crippen LogP contribution in [0.1, 0.15) is 25.7 Å². The summed E-state index contributed by atoms with van der Waals surface area (Å²) < 4.78 is 5.88. The largest absolute Gasteiger partial charge is 0.556 e. The Morgan fingerprint density at radius 3 is 2.35 bits per heavy atom. The summed E-state index contributed by atoms with van der Waals surface area (Å²) in [4.78, 5) is 21.9. The average Bonchev–Trinajstić information content (AvgIpc) is 3.28. The molecule has 2 aliphatic rings. The second-order valence-electron chi connectivity index (χ2n) is 5.90. The molecule has 0 saturated carbocycles. The van der Waals surface area contributed by atoms with E-state index in [2.05, 4.69) is 25.1 Å². The molecule has 2 fully saturated rings. The molecule has 2 amide bonds. The molecule has 4 rings (SSSR count). The van der Waals surface area contributed by atoms with E-state index in [9.17, 15) is 4.79 Å². The summed E-state index contributed by atoms with van der Waals surface area (Å²) >= 11 is 0. The Hall–Kier alpha value is -2.51. The van der Waals surface area contributed by atoms with Crippen LogP contribution in [0.4, 0.5) is 4.53 Å². The van der Waals surface area contributed by atoms with E-state index in [-0.39, 0.29) is 11.1 Å². The van der Waals surface area contributed by atoms with Crippen LogP contribution in [0.15, 0.2) is 23.1 Å². The SMILES string of the molecule is O=c1c2ncccc2nnn1[O+]=C(N1CCCC1)N1CCCC1. The summed E-state index contributed by atoms with van der Waals surface area (Å²) in [5.74, 6) is 0. The minimum absolute atomic E-state index is 0.268. The first-order chi connectivity index (χ1) is 11.3. The van der Waals surface area contributed by atoms with E-state index >= 15 is 0 Å². The number of carbonyl (C=O) groups excluding carboxylic acids is 1. The van der Waals surface area contributed by atoms with Gasteiger partial charge in [-0.15, -0.1) is 5.10 Å². The summed E-state index contributed by atoms with van der Waals surface area (Å²) in [6.07, 6.45) is 6.13. The normalized spacial score (nSPS) is 17.9. The molecule has 4 heterocycles. The van der Waals surface area contributed by atoms with E-state index < -0.39 is 0 Å². The molecule has 0 atom stereocenters. The van der Waals surface area contributed by atoms with Crippen molar-refractivity contribution >= 4 is 17.1 Å². The maximum atomic E-state index is 12.5. The van der Waals surface area contributed by atoms with Gasteiger partial charge in [-0.2, -0.15) is 0 Å². The molecule has 0 spiro atoms. The third-order valence-electron chi connectivity index (χ3n) is 4.32. The third kappa shape index (κ3) is 2.64. The number of rotatable bonds is 1. The number of urea groups is 1. The molecule has 0 aliphatic carbocycles. The van der Waals surface area contributed by atoms with Crippen molar-refractivity contribution < 1.29 is 4.53 Å². The van der Waals surface area contributed by atoms with E-state index in [1.165, 1.54) is 0 Å². The quantitative estimate of drug-likeness (QED) is 0.729. The Bertz CT molecular complexity index is 772. The fraction of sp³-hybridized carbons (Fsp3) is 0.533. The number of hydrogen-bond donors (Lipinski definition) is 0. The van der Waals surface area contributed by atoms with Crippen LogP contribution in [0.5, 0.6) is 0 Å². The molecule has 2 aliphatic heterocycles. The van der Waals surface area contributed by atoms with Crippen molar-refractivity contribution in [1.82, 2.24) is 29.9 Å². The van der Waals surface area contributed by atoms with Crippen LogP contribution in [0.3, 0.4) is 0 Å². The first kappa shape index (κ1) is 14.1. The number of likely N-dealkylation sites (tertiary alicyclic amines) is 2. The van der Waals surface area contributed by atoms with Gasteiger partial charge in [-0.1, -0.05) is 0 Å². The van der Waals surface area contributed by atoms with Crippen molar-refractivity contribution in [2.75, 3.05) is 26.2 Å². The van der Waals surface area contributed by atoms with Gasteiger partial charge in [0.25, 0.3) is 0 Å². The zero-order valence-electron chi connectivity index (χ0n) is 12.9. The van der Waals surface area contributed by atoms with Crippen molar-refractivity contribution in [1.29, 1.82) is 0 Å². The standard InChI is InChI=1S/C15H19N6O2/c22-14-13-12(6-5-7-16-13)17-18-21(14)23-15(19-8-1-2-9-19)20-10-3-4-11-20/h5-7H,1-4,8-11H2/q+1. The van der Waals surface area contributed by atoms with Crippen LogP contribution >= 0.6 is 0 Å². The fourth-order valence-corrected chi connectivity index (χ4v) is 3.13. The van der Waals surface area contributed by atoms with Crippen LogP contribution in [-0.4, -0.2) is 62.2 Å². The number of pyridine rings is 1. The topological polar surface area (TPSA) is 78.4 Å². The first-order valence-corrected chi connectivity index (χ1v) is 8.09. The molecule has 120 valence electrons. The first-order valence-electron chi connectivity index (χ1n) is 8.09. The molecule has 2 aromatic rings. The van der Waals surface area contributed by atoms with Crippen LogP contribution in [0.25, 0.3) is 11.0 Å². The second kappa shape index (κ2) is 5.94. The minimum Gasteiger partial charge on any atom is -0.273 e. The van der Waals surface area contributed by atoms with Gasteiger partial charge in [-0.05, 0) is 42.3 Å². The second-order valence-corrected chi connectivity index (χ2v) is 5.90. The Morgan fingerprint density at radius 2 is 1.70 bits per heavy atom. The van der Waals surface area contributed by atoms with Crippen LogP contribution in [0.2, 0.25) is 0 Å². The molecular formula is C15H19N6O2+. The number of amides is 2. The highest BCUT2D eigenvalue weighted by molar-refractivity contribution is 5.75. The highest BCUT2D eigenvalue weighted by Crippen LogP contribution is 2.17. The maximum Gasteiger partial charge on any atom is 0.556 e.